The van der Waals surface area contributed by atoms with Crippen molar-refractivity contribution < 1.29 is 37.8 Å². The van der Waals surface area contributed by atoms with Gasteiger partial charge in [-0.05, 0) is 41.5 Å². The van der Waals surface area contributed by atoms with E-state index < -0.39 is 41.5 Å². The molecule has 0 aliphatic carbocycles. The molecule has 3 aliphatic heterocycles. The highest BCUT2D eigenvalue weighted by Crippen LogP contribution is 2.59. The largest absolute Gasteiger partial charge is 0.469 e. The van der Waals surface area contributed by atoms with E-state index in [4.69, 9.17) is 23.3 Å². The summed E-state index contributed by atoms with van der Waals surface area (Å²) in [5.41, 5.74) is 2.42. The van der Waals surface area contributed by atoms with Gasteiger partial charge in [-0.1, -0.05) is 58.0 Å². The zero-order valence-electron chi connectivity index (χ0n) is 26.7. The first-order chi connectivity index (χ1) is 22.5. The molecular weight excluding hydrogens is 604 g/mol. The lowest BCUT2D eigenvalue weighted by Gasteiger charge is -2.28. The fraction of sp³-hybridized carbons (Fsp3) is 0.400. The number of carbonyl (C=O) groups is 3. The molecule has 5 heterocycles. The highest BCUT2D eigenvalue weighted by atomic mass is 16.5. The third-order valence-corrected chi connectivity index (χ3v) is 9.34. The van der Waals surface area contributed by atoms with Gasteiger partial charge in [0.25, 0.3) is 0 Å². The van der Waals surface area contributed by atoms with E-state index in [2.05, 4.69) is 15.6 Å². The number of nitrogens with one attached hydrogen (secondary N) is 2. The van der Waals surface area contributed by atoms with Gasteiger partial charge in [-0.25, -0.2) is 14.8 Å². The Morgan fingerprint density at radius 2 is 1.87 bits per heavy atom. The number of ether oxygens (including phenoxy) is 2. The number of aliphatic hydroxyl groups excluding tert-OH is 1. The number of nitrogens with zero attached hydrogens (tertiary/aromatic N) is 2. The Morgan fingerprint density at radius 3 is 2.62 bits per heavy atom. The zero-order valence-corrected chi connectivity index (χ0v) is 26.7. The molecule has 1 amide bonds. The van der Waals surface area contributed by atoms with E-state index in [0.717, 1.165) is 22.4 Å². The van der Waals surface area contributed by atoms with Crippen LogP contribution in [-0.4, -0.2) is 52.2 Å². The van der Waals surface area contributed by atoms with Crippen molar-refractivity contribution in [3.8, 4) is 17.3 Å². The topological polar surface area (TPSA) is 166 Å². The Hall–Kier alpha value is -4.97. The number of carbonyl (C=O) groups excluding carboxylic acids is 3. The number of hydrogen-bond acceptors (Lipinski definition) is 11. The van der Waals surface area contributed by atoms with Gasteiger partial charge < -0.3 is 34.0 Å². The lowest BCUT2D eigenvalue weighted by Crippen LogP contribution is -2.41. The summed E-state index contributed by atoms with van der Waals surface area (Å²) in [5.74, 6) is -1.47. The van der Waals surface area contributed by atoms with E-state index in [1.165, 1.54) is 13.4 Å². The minimum Gasteiger partial charge on any atom is -0.469 e. The number of hydrogen-bond donors (Lipinski definition) is 3. The third-order valence-electron chi connectivity index (χ3n) is 9.34. The number of amides is 1. The van der Waals surface area contributed by atoms with Crippen LogP contribution in [0.25, 0.3) is 11.6 Å². The van der Waals surface area contributed by atoms with E-state index in [1.54, 1.807) is 13.8 Å². The van der Waals surface area contributed by atoms with Crippen molar-refractivity contribution in [3.63, 3.8) is 0 Å². The van der Waals surface area contributed by atoms with E-state index in [0.29, 0.717) is 11.5 Å². The molecule has 0 fully saturated rings. The monoisotopic (exact) mass is 640 g/mol. The van der Waals surface area contributed by atoms with Gasteiger partial charge in [0.15, 0.2) is 29.2 Å². The second kappa shape index (κ2) is 11.4. The first kappa shape index (κ1) is 30.7. The van der Waals surface area contributed by atoms with Crippen LogP contribution in [0.3, 0.4) is 0 Å². The van der Waals surface area contributed by atoms with Gasteiger partial charge >= 0.3 is 5.97 Å². The maximum absolute atomic E-state index is 14.0. The van der Waals surface area contributed by atoms with Crippen LogP contribution in [0.4, 0.5) is 5.69 Å². The van der Waals surface area contributed by atoms with Crippen LogP contribution in [0.2, 0.25) is 0 Å². The minimum absolute atomic E-state index is 0.0346. The molecule has 4 aromatic rings. The molecule has 47 heavy (non-hydrogen) atoms. The fourth-order valence-corrected chi connectivity index (χ4v) is 6.88. The summed E-state index contributed by atoms with van der Waals surface area (Å²) in [6.45, 7) is 7.39. The SMILES string of the molecule is COC(=O)c1coc(-c2nc3oc2[C@@]24c5ccccc5NC2Oc2ccc(cc24)CC(CC(=O)[C@@H](O)C(C)C)C(=O)N[C@H]3C(C)C)n1. The van der Waals surface area contributed by atoms with Gasteiger partial charge in [-0.2, -0.15) is 0 Å². The van der Waals surface area contributed by atoms with Crippen LogP contribution in [0, 0.1) is 17.8 Å². The van der Waals surface area contributed by atoms with E-state index in [-0.39, 0.29) is 53.8 Å². The standard InChI is InChI=1S/C35H36N4O8/c1-16(2)26-32-39-27(31-36-23(15-45-31)33(43)44-5)29(47-32)35-20-8-6-7-9-22(20)37-34(35)46-25-11-10-18(13-21(25)35)12-19(30(42)38-26)14-24(40)28(41)17(3)4/h6-11,13,15-17,19,26,28,34,37,41H,12,14H2,1-5H3,(H,38,42)/t19?,26-,28-,34?,35-/m0/s1. The number of anilines is 1. The van der Waals surface area contributed by atoms with E-state index in [1.807, 2.05) is 56.3 Å². The van der Waals surface area contributed by atoms with Gasteiger partial charge in [0.05, 0.1) is 7.11 Å². The number of benzene rings is 2. The molecule has 12 nitrogen and oxygen atoms in total. The van der Waals surface area contributed by atoms with Crippen molar-refractivity contribution in [2.75, 3.05) is 12.4 Å². The van der Waals surface area contributed by atoms with Gasteiger partial charge in [-0.15, -0.1) is 0 Å². The number of esters is 1. The molecule has 4 bridgehead atoms. The summed E-state index contributed by atoms with van der Waals surface area (Å²) < 4.78 is 24.0. The molecule has 2 aromatic heterocycles. The number of fused-ring (bicyclic) bond motifs is 4. The maximum Gasteiger partial charge on any atom is 0.360 e. The highest BCUT2D eigenvalue weighted by Gasteiger charge is 2.61. The van der Waals surface area contributed by atoms with E-state index >= 15 is 0 Å². The average Bonchev–Trinajstić information content (AvgIpc) is 3.83. The predicted molar refractivity (Wildman–Crippen MR) is 168 cm³/mol. The number of para-hydroxylation sites is 1. The summed E-state index contributed by atoms with van der Waals surface area (Å²) >= 11 is 0. The quantitative estimate of drug-likeness (QED) is 0.243. The number of methoxy groups -OCH3 is 1. The Kier molecular flexibility index (Phi) is 7.42. The Balaban J connectivity index is 1.48. The number of ketones is 1. The number of aliphatic hydroxyl groups is 1. The first-order valence-electron chi connectivity index (χ1n) is 15.8. The molecule has 0 saturated carbocycles. The van der Waals surface area contributed by atoms with Crippen molar-refractivity contribution in [1.82, 2.24) is 15.3 Å². The first-order valence-corrected chi connectivity index (χ1v) is 15.8. The van der Waals surface area contributed by atoms with Crippen molar-refractivity contribution in [2.45, 2.75) is 64.3 Å². The molecule has 1 spiro atoms. The average molecular weight is 641 g/mol. The summed E-state index contributed by atoms with van der Waals surface area (Å²) in [6.07, 6.45) is -0.520. The maximum atomic E-state index is 14.0. The molecule has 12 heteroatoms. The lowest BCUT2D eigenvalue weighted by atomic mass is 9.72. The third kappa shape index (κ3) is 4.81. The molecule has 7 rings (SSSR count). The van der Waals surface area contributed by atoms with Gasteiger partial charge in [0, 0.05) is 23.6 Å². The summed E-state index contributed by atoms with van der Waals surface area (Å²) in [4.78, 5) is 48.8. The molecule has 5 atom stereocenters. The Bertz CT molecular complexity index is 1890. The molecule has 2 aromatic carbocycles. The normalized spacial score (nSPS) is 23.1. The zero-order chi connectivity index (χ0) is 33.2. The summed E-state index contributed by atoms with van der Waals surface area (Å²) in [7, 11) is 1.26. The number of rotatable bonds is 7. The van der Waals surface area contributed by atoms with Gasteiger partial charge in [0.1, 0.15) is 29.6 Å². The molecule has 3 N–H and O–H groups in total. The summed E-state index contributed by atoms with van der Waals surface area (Å²) in [5, 5.41) is 17.2. The second-order valence-corrected chi connectivity index (χ2v) is 13.1. The molecule has 0 saturated heterocycles. The summed E-state index contributed by atoms with van der Waals surface area (Å²) in [6, 6.07) is 12.8. The Morgan fingerprint density at radius 1 is 1.09 bits per heavy atom. The minimum atomic E-state index is -1.18. The van der Waals surface area contributed by atoms with Crippen molar-refractivity contribution in [1.29, 1.82) is 0 Å². The van der Waals surface area contributed by atoms with Crippen LogP contribution >= 0.6 is 0 Å². The van der Waals surface area contributed by atoms with Crippen LogP contribution in [0.15, 0.2) is 57.6 Å². The number of aromatic nitrogens is 2. The second-order valence-electron chi connectivity index (χ2n) is 13.1. The predicted octanol–water partition coefficient (Wildman–Crippen LogP) is 4.56. The molecular formula is C35H36N4O8. The van der Waals surface area contributed by atoms with Crippen molar-refractivity contribution >= 4 is 23.3 Å². The fourth-order valence-electron chi connectivity index (χ4n) is 6.88. The highest BCUT2D eigenvalue weighted by molar-refractivity contribution is 5.90. The smallest absolute Gasteiger partial charge is 0.360 e. The number of oxazole rings is 2. The van der Waals surface area contributed by atoms with Crippen LogP contribution in [-0.2, 0) is 26.2 Å². The number of Topliss-reactive ketones (excluding diaryl/α,β-unsaturated/α-hetero) is 1. The van der Waals surface area contributed by atoms with Crippen LogP contribution < -0.4 is 15.4 Å². The molecule has 0 radical (unpaired) electrons. The Labute approximate surface area is 270 Å². The van der Waals surface area contributed by atoms with Gasteiger partial charge in [-0.3, -0.25) is 9.59 Å². The molecule has 2 unspecified atom stereocenters. The van der Waals surface area contributed by atoms with Crippen LogP contribution in [0.1, 0.15) is 79.0 Å². The van der Waals surface area contributed by atoms with E-state index in [9.17, 15) is 19.5 Å². The van der Waals surface area contributed by atoms with Gasteiger partial charge in [0.2, 0.25) is 17.7 Å². The lowest BCUT2D eigenvalue weighted by molar-refractivity contribution is -0.135. The van der Waals surface area contributed by atoms with Crippen molar-refractivity contribution in [3.05, 3.63) is 82.8 Å². The molecule has 3 aliphatic rings. The van der Waals surface area contributed by atoms with Crippen molar-refractivity contribution in [2.24, 2.45) is 17.8 Å². The van der Waals surface area contributed by atoms with Crippen LogP contribution in [0.5, 0.6) is 5.75 Å². The molecule has 244 valence electrons.